The molecule has 88 valence electrons. The molecular formula is C14H17N3. The van der Waals surface area contributed by atoms with Gasteiger partial charge in [0.1, 0.15) is 5.82 Å². The number of benzene rings is 1. The van der Waals surface area contributed by atoms with Crippen molar-refractivity contribution < 1.29 is 0 Å². The van der Waals surface area contributed by atoms with Crippen LogP contribution in [0, 0.1) is 6.92 Å². The van der Waals surface area contributed by atoms with Crippen molar-refractivity contribution in [1.82, 2.24) is 4.98 Å². The van der Waals surface area contributed by atoms with Crippen LogP contribution in [0.3, 0.4) is 0 Å². The summed E-state index contributed by atoms with van der Waals surface area (Å²) in [6.07, 6.45) is 1.69. The maximum absolute atomic E-state index is 5.81. The van der Waals surface area contributed by atoms with Gasteiger partial charge in [0, 0.05) is 12.2 Å². The molecule has 0 aliphatic heterocycles. The minimum atomic E-state index is 0.211. The summed E-state index contributed by atoms with van der Waals surface area (Å²) < 4.78 is 0. The van der Waals surface area contributed by atoms with Crippen LogP contribution in [0.4, 0.5) is 11.5 Å². The van der Waals surface area contributed by atoms with Gasteiger partial charge in [-0.2, -0.15) is 0 Å². The second-order valence-corrected chi connectivity index (χ2v) is 4.16. The molecule has 0 saturated heterocycles. The zero-order valence-corrected chi connectivity index (χ0v) is 10.1. The Morgan fingerprint density at radius 2 is 1.94 bits per heavy atom. The molecule has 1 aromatic heterocycles. The fourth-order valence-electron chi connectivity index (χ4n) is 1.92. The van der Waals surface area contributed by atoms with Crippen molar-refractivity contribution in [2.45, 2.75) is 19.9 Å². The van der Waals surface area contributed by atoms with Crippen LogP contribution in [0.1, 0.15) is 24.1 Å². The van der Waals surface area contributed by atoms with Crippen LogP contribution in [-0.4, -0.2) is 4.98 Å². The number of aromatic nitrogens is 1. The molecule has 0 aliphatic carbocycles. The van der Waals surface area contributed by atoms with E-state index in [1.165, 1.54) is 11.1 Å². The molecule has 0 radical (unpaired) electrons. The topological polar surface area (TPSA) is 50.9 Å². The van der Waals surface area contributed by atoms with E-state index in [4.69, 9.17) is 5.73 Å². The van der Waals surface area contributed by atoms with Crippen molar-refractivity contribution in [3.05, 3.63) is 53.7 Å². The molecule has 2 aromatic rings. The van der Waals surface area contributed by atoms with E-state index in [0.29, 0.717) is 5.82 Å². The van der Waals surface area contributed by atoms with Gasteiger partial charge in [-0.1, -0.05) is 24.3 Å². The summed E-state index contributed by atoms with van der Waals surface area (Å²) in [5, 5.41) is 3.38. The minimum Gasteiger partial charge on any atom is -0.382 e. The molecule has 0 amide bonds. The number of nitrogens with two attached hydrogens (primary N) is 1. The van der Waals surface area contributed by atoms with E-state index in [2.05, 4.69) is 36.3 Å². The summed E-state index contributed by atoms with van der Waals surface area (Å²) in [6, 6.07) is 12.4. The second kappa shape index (κ2) is 4.87. The first-order chi connectivity index (χ1) is 8.18. The fraction of sp³-hybridized carbons (Fsp3) is 0.214. The number of hydrogen-bond acceptors (Lipinski definition) is 3. The van der Waals surface area contributed by atoms with Gasteiger partial charge in [0.15, 0.2) is 0 Å². The van der Waals surface area contributed by atoms with Crippen LogP contribution in [0.5, 0.6) is 0 Å². The Labute approximate surface area is 102 Å². The molecular weight excluding hydrogens is 210 g/mol. The standard InChI is InChI=1S/C14H17N3/c1-10-6-3-4-7-12(10)11(2)17-13-8-5-9-16-14(13)15/h3-9,11,17H,1-2H3,(H2,15,16). The van der Waals surface area contributed by atoms with Crippen LogP contribution < -0.4 is 11.1 Å². The van der Waals surface area contributed by atoms with Crippen molar-refractivity contribution in [2.75, 3.05) is 11.1 Å². The highest BCUT2D eigenvalue weighted by Gasteiger charge is 2.09. The average Bonchev–Trinajstić information content (AvgIpc) is 2.32. The maximum atomic E-state index is 5.81. The van der Waals surface area contributed by atoms with Crippen molar-refractivity contribution in [3.63, 3.8) is 0 Å². The molecule has 1 heterocycles. The van der Waals surface area contributed by atoms with Gasteiger partial charge >= 0.3 is 0 Å². The van der Waals surface area contributed by atoms with Crippen molar-refractivity contribution in [3.8, 4) is 0 Å². The van der Waals surface area contributed by atoms with E-state index in [0.717, 1.165) is 5.69 Å². The van der Waals surface area contributed by atoms with Gasteiger partial charge in [-0.05, 0) is 37.1 Å². The molecule has 0 bridgehead atoms. The molecule has 17 heavy (non-hydrogen) atoms. The summed E-state index contributed by atoms with van der Waals surface area (Å²) in [6.45, 7) is 4.23. The molecule has 0 fully saturated rings. The Morgan fingerprint density at radius 3 is 2.65 bits per heavy atom. The van der Waals surface area contributed by atoms with E-state index in [-0.39, 0.29) is 6.04 Å². The summed E-state index contributed by atoms with van der Waals surface area (Å²) in [7, 11) is 0. The maximum Gasteiger partial charge on any atom is 0.146 e. The van der Waals surface area contributed by atoms with Crippen LogP contribution in [0.2, 0.25) is 0 Å². The molecule has 1 atom stereocenters. The van der Waals surface area contributed by atoms with Gasteiger partial charge in [-0.3, -0.25) is 0 Å². The Morgan fingerprint density at radius 1 is 1.18 bits per heavy atom. The number of nitrogens with zero attached hydrogens (tertiary/aromatic N) is 1. The van der Waals surface area contributed by atoms with Crippen LogP contribution in [-0.2, 0) is 0 Å². The predicted molar refractivity (Wildman–Crippen MR) is 71.9 cm³/mol. The third-order valence-corrected chi connectivity index (χ3v) is 2.87. The van der Waals surface area contributed by atoms with E-state index in [1.54, 1.807) is 6.20 Å². The number of nitrogen functional groups attached to an aromatic ring is 1. The number of nitrogens with one attached hydrogen (secondary N) is 1. The van der Waals surface area contributed by atoms with E-state index in [1.807, 2.05) is 24.3 Å². The highest BCUT2D eigenvalue weighted by molar-refractivity contribution is 5.61. The number of rotatable bonds is 3. The molecule has 0 saturated carbocycles. The smallest absolute Gasteiger partial charge is 0.146 e. The quantitative estimate of drug-likeness (QED) is 0.847. The normalized spacial score (nSPS) is 12.1. The van der Waals surface area contributed by atoms with Crippen molar-refractivity contribution in [2.24, 2.45) is 0 Å². The largest absolute Gasteiger partial charge is 0.382 e. The summed E-state index contributed by atoms with van der Waals surface area (Å²) >= 11 is 0. The summed E-state index contributed by atoms with van der Waals surface area (Å²) in [5.41, 5.74) is 9.24. The summed E-state index contributed by atoms with van der Waals surface area (Å²) in [4.78, 5) is 4.06. The SMILES string of the molecule is Cc1ccccc1C(C)Nc1cccnc1N. The third-order valence-electron chi connectivity index (χ3n) is 2.87. The predicted octanol–water partition coefficient (Wildman–Crippen LogP) is 3.15. The lowest BCUT2D eigenvalue weighted by Crippen LogP contribution is -2.10. The highest BCUT2D eigenvalue weighted by atomic mass is 15.0. The van der Waals surface area contributed by atoms with E-state index >= 15 is 0 Å². The van der Waals surface area contributed by atoms with E-state index in [9.17, 15) is 0 Å². The molecule has 3 nitrogen and oxygen atoms in total. The number of pyridine rings is 1. The lowest BCUT2D eigenvalue weighted by molar-refractivity contribution is 0.873. The zero-order valence-electron chi connectivity index (χ0n) is 10.1. The molecule has 1 unspecified atom stereocenters. The molecule has 0 aliphatic rings. The number of aryl methyl sites for hydroxylation is 1. The molecule has 3 heteroatoms. The van der Waals surface area contributed by atoms with Gasteiger partial charge in [0.2, 0.25) is 0 Å². The number of anilines is 2. The number of hydrogen-bond donors (Lipinski definition) is 2. The Bertz CT molecular complexity index is 508. The first-order valence-electron chi connectivity index (χ1n) is 5.71. The van der Waals surface area contributed by atoms with Gasteiger partial charge < -0.3 is 11.1 Å². The Hall–Kier alpha value is -2.03. The third kappa shape index (κ3) is 2.56. The van der Waals surface area contributed by atoms with Crippen molar-refractivity contribution in [1.29, 1.82) is 0 Å². The Kier molecular flexibility index (Phi) is 3.28. The molecule has 2 rings (SSSR count). The average molecular weight is 227 g/mol. The van der Waals surface area contributed by atoms with E-state index < -0.39 is 0 Å². The van der Waals surface area contributed by atoms with Crippen LogP contribution in [0.25, 0.3) is 0 Å². The van der Waals surface area contributed by atoms with Gasteiger partial charge in [-0.25, -0.2) is 4.98 Å². The zero-order chi connectivity index (χ0) is 12.3. The van der Waals surface area contributed by atoms with Crippen molar-refractivity contribution >= 4 is 11.5 Å². The highest BCUT2D eigenvalue weighted by Crippen LogP contribution is 2.24. The monoisotopic (exact) mass is 227 g/mol. The van der Waals surface area contributed by atoms with Crippen LogP contribution >= 0.6 is 0 Å². The fourth-order valence-corrected chi connectivity index (χ4v) is 1.92. The van der Waals surface area contributed by atoms with Gasteiger partial charge in [-0.15, -0.1) is 0 Å². The van der Waals surface area contributed by atoms with Crippen LogP contribution in [0.15, 0.2) is 42.6 Å². The lowest BCUT2D eigenvalue weighted by Gasteiger charge is -2.18. The first-order valence-corrected chi connectivity index (χ1v) is 5.71. The molecule has 1 aromatic carbocycles. The second-order valence-electron chi connectivity index (χ2n) is 4.16. The molecule has 0 spiro atoms. The van der Waals surface area contributed by atoms with Gasteiger partial charge in [0.25, 0.3) is 0 Å². The summed E-state index contributed by atoms with van der Waals surface area (Å²) in [5.74, 6) is 0.535. The Balaban J connectivity index is 2.20. The lowest BCUT2D eigenvalue weighted by atomic mass is 10.0. The van der Waals surface area contributed by atoms with Gasteiger partial charge in [0.05, 0.1) is 5.69 Å². The first kappa shape index (κ1) is 11.5. The minimum absolute atomic E-state index is 0.211. The molecule has 3 N–H and O–H groups in total.